The van der Waals surface area contributed by atoms with Crippen LogP contribution in [-0.4, -0.2) is 34.3 Å². The summed E-state index contributed by atoms with van der Waals surface area (Å²) in [5.41, 5.74) is 5.10. The highest BCUT2D eigenvalue weighted by Gasteiger charge is 2.28. The van der Waals surface area contributed by atoms with Gasteiger partial charge < -0.3 is 20.9 Å². The smallest absolute Gasteiger partial charge is 0.158 e. The zero-order valence-corrected chi connectivity index (χ0v) is 11.4. The Bertz CT molecular complexity index is 419. The van der Waals surface area contributed by atoms with E-state index in [0.29, 0.717) is 30.6 Å². The summed E-state index contributed by atoms with van der Waals surface area (Å²) in [6.45, 7) is 0.819. The maximum Gasteiger partial charge on any atom is 0.158 e. The average Bonchev–Trinajstić information content (AvgIpc) is 2.37. The lowest BCUT2D eigenvalue weighted by Crippen LogP contribution is -2.39. The van der Waals surface area contributed by atoms with Crippen molar-refractivity contribution in [1.29, 1.82) is 0 Å². The lowest BCUT2D eigenvalue weighted by Gasteiger charge is -2.32. The molecule has 0 unspecified atom stereocenters. The lowest BCUT2D eigenvalue weighted by molar-refractivity contribution is 0.0166. The van der Waals surface area contributed by atoms with E-state index in [1.54, 1.807) is 13.2 Å². The average molecular weight is 266 g/mol. The van der Waals surface area contributed by atoms with Crippen molar-refractivity contribution in [3.05, 3.63) is 11.9 Å². The Labute approximate surface area is 113 Å². The van der Waals surface area contributed by atoms with Gasteiger partial charge in [0.25, 0.3) is 0 Å². The fourth-order valence-corrected chi connectivity index (χ4v) is 2.44. The predicted octanol–water partition coefficient (Wildman–Crippen LogP) is 1.31. The minimum absolute atomic E-state index is 0.323. The molecule has 1 aromatic heterocycles. The number of nitrogens with one attached hydrogen (secondary N) is 1. The first kappa shape index (κ1) is 14.0. The molecule has 0 saturated heterocycles. The molecule has 6 nitrogen and oxygen atoms in total. The molecule has 1 heterocycles. The third-order valence-corrected chi connectivity index (χ3v) is 3.45. The van der Waals surface area contributed by atoms with E-state index >= 15 is 0 Å². The Morgan fingerprint density at radius 2 is 2.11 bits per heavy atom. The first-order chi connectivity index (χ1) is 9.11. The van der Waals surface area contributed by atoms with Gasteiger partial charge in [0.15, 0.2) is 5.82 Å². The van der Waals surface area contributed by atoms with Gasteiger partial charge in [0, 0.05) is 19.7 Å². The summed E-state index contributed by atoms with van der Waals surface area (Å²) in [7, 11) is 1.59. The van der Waals surface area contributed by atoms with E-state index in [0.717, 1.165) is 25.7 Å². The van der Waals surface area contributed by atoms with Gasteiger partial charge in [0.05, 0.1) is 5.60 Å². The highest BCUT2D eigenvalue weighted by Crippen LogP contribution is 2.28. The summed E-state index contributed by atoms with van der Waals surface area (Å²) in [5.74, 6) is 1.58. The van der Waals surface area contributed by atoms with Gasteiger partial charge in [-0.2, -0.15) is 0 Å². The van der Waals surface area contributed by atoms with Crippen LogP contribution in [0.3, 0.4) is 0 Å². The van der Waals surface area contributed by atoms with Crippen LogP contribution in [0.5, 0.6) is 0 Å². The van der Waals surface area contributed by atoms with E-state index in [1.165, 1.54) is 6.42 Å². The van der Waals surface area contributed by atoms with Gasteiger partial charge in [-0.15, -0.1) is 0 Å². The molecule has 1 fully saturated rings. The second-order valence-corrected chi connectivity index (χ2v) is 5.17. The molecule has 0 bridgehead atoms. The van der Waals surface area contributed by atoms with Crippen molar-refractivity contribution >= 4 is 11.6 Å². The minimum atomic E-state index is -0.626. The molecule has 4 N–H and O–H groups in total. The van der Waals surface area contributed by atoms with Crippen LogP contribution in [0.25, 0.3) is 0 Å². The molecule has 2 rings (SSSR count). The number of ether oxygens (including phenoxy) is 1. The quantitative estimate of drug-likeness (QED) is 0.744. The SMILES string of the molecule is COCc1nc(N)cc(NCC2(O)CCCCC2)n1. The van der Waals surface area contributed by atoms with Crippen molar-refractivity contribution in [3.8, 4) is 0 Å². The highest BCUT2D eigenvalue weighted by molar-refractivity contribution is 5.44. The molecule has 0 amide bonds. The van der Waals surface area contributed by atoms with E-state index in [4.69, 9.17) is 10.5 Å². The van der Waals surface area contributed by atoms with E-state index in [9.17, 15) is 5.11 Å². The van der Waals surface area contributed by atoms with Crippen LogP contribution >= 0.6 is 0 Å². The van der Waals surface area contributed by atoms with Gasteiger partial charge in [-0.05, 0) is 12.8 Å². The molecule has 0 aliphatic heterocycles. The summed E-state index contributed by atoms with van der Waals surface area (Å²) >= 11 is 0. The van der Waals surface area contributed by atoms with E-state index in [1.807, 2.05) is 0 Å². The third-order valence-electron chi connectivity index (χ3n) is 3.45. The van der Waals surface area contributed by atoms with Gasteiger partial charge in [-0.1, -0.05) is 19.3 Å². The van der Waals surface area contributed by atoms with E-state index in [-0.39, 0.29) is 0 Å². The molecule has 1 saturated carbocycles. The summed E-state index contributed by atoms with van der Waals surface area (Å²) < 4.78 is 4.99. The molecule has 0 radical (unpaired) electrons. The topological polar surface area (TPSA) is 93.3 Å². The molecule has 106 valence electrons. The largest absolute Gasteiger partial charge is 0.388 e. The minimum Gasteiger partial charge on any atom is -0.388 e. The lowest BCUT2D eigenvalue weighted by atomic mass is 9.85. The fourth-order valence-electron chi connectivity index (χ4n) is 2.44. The number of anilines is 2. The molecule has 1 aliphatic carbocycles. The number of nitrogens with zero attached hydrogens (tertiary/aromatic N) is 2. The summed E-state index contributed by atoms with van der Waals surface area (Å²) in [6, 6.07) is 1.67. The number of rotatable bonds is 5. The second kappa shape index (κ2) is 6.16. The van der Waals surface area contributed by atoms with Crippen LogP contribution in [0, 0.1) is 0 Å². The van der Waals surface area contributed by atoms with Crippen LogP contribution < -0.4 is 11.1 Å². The number of methoxy groups -OCH3 is 1. The van der Waals surface area contributed by atoms with Crippen molar-refractivity contribution in [2.45, 2.75) is 44.3 Å². The van der Waals surface area contributed by atoms with Crippen LogP contribution in [0.4, 0.5) is 11.6 Å². The van der Waals surface area contributed by atoms with E-state index < -0.39 is 5.60 Å². The Morgan fingerprint density at radius 3 is 2.79 bits per heavy atom. The Balaban J connectivity index is 1.98. The van der Waals surface area contributed by atoms with Crippen molar-refractivity contribution in [3.63, 3.8) is 0 Å². The van der Waals surface area contributed by atoms with Crippen LogP contribution in [0.2, 0.25) is 0 Å². The van der Waals surface area contributed by atoms with Crippen molar-refractivity contribution in [1.82, 2.24) is 9.97 Å². The summed E-state index contributed by atoms with van der Waals surface area (Å²) in [5, 5.41) is 13.6. The molecule has 0 spiro atoms. The predicted molar refractivity (Wildman–Crippen MR) is 73.7 cm³/mol. The van der Waals surface area contributed by atoms with Gasteiger partial charge in [-0.25, -0.2) is 9.97 Å². The number of nitrogens with two attached hydrogens (primary N) is 1. The third kappa shape index (κ3) is 4.04. The Morgan fingerprint density at radius 1 is 1.37 bits per heavy atom. The molecule has 6 heteroatoms. The molecule has 0 atom stereocenters. The molecular weight excluding hydrogens is 244 g/mol. The maximum absolute atomic E-state index is 10.4. The zero-order chi connectivity index (χ0) is 13.7. The van der Waals surface area contributed by atoms with Gasteiger partial charge in [0.1, 0.15) is 18.2 Å². The molecule has 0 aromatic carbocycles. The number of aromatic nitrogens is 2. The first-order valence-corrected chi connectivity index (χ1v) is 6.70. The monoisotopic (exact) mass is 266 g/mol. The summed E-state index contributed by atoms with van der Waals surface area (Å²) in [6.07, 6.45) is 5.05. The maximum atomic E-state index is 10.4. The van der Waals surface area contributed by atoms with Crippen molar-refractivity contribution in [2.75, 3.05) is 24.7 Å². The van der Waals surface area contributed by atoms with Gasteiger partial charge >= 0.3 is 0 Å². The molecular formula is C13H22N4O2. The molecule has 1 aliphatic rings. The Hall–Kier alpha value is -1.40. The van der Waals surface area contributed by atoms with Crippen molar-refractivity contribution < 1.29 is 9.84 Å². The number of hydrogen-bond acceptors (Lipinski definition) is 6. The Kier molecular flexibility index (Phi) is 4.55. The number of nitrogen functional groups attached to an aromatic ring is 1. The van der Waals surface area contributed by atoms with Crippen molar-refractivity contribution in [2.24, 2.45) is 0 Å². The fraction of sp³-hybridized carbons (Fsp3) is 0.692. The normalized spacial score (nSPS) is 18.2. The van der Waals surface area contributed by atoms with Gasteiger partial charge in [0.2, 0.25) is 0 Å². The highest BCUT2D eigenvalue weighted by atomic mass is 16.5. The number of aliphatic hydroxyl groups is 1. The summed E-state index contributed by atoms with van der Waals surface area (Å²) in [4.78, 5) is 8.38. The first-order valence-electron chi connectivity index (χ1n) is 6.70. The molecule has 1 aromatic rings. The van der Waals surface area contributed by atoms with E-state index in [2.05, 4.69) is 15.3 Å². The number of hydrogen-bond donors (Lipinski definition) is 3. The van der Waals surface area contributed by atoms with Gasteiger partial charge in [-0.3, -0.25) is 0 Å². The zero-order valence-electron chi connectivity index (χ0n) is 11.4. The van der Waals surface area contributed by atoms with Crippen LogP contribution in [0.1, 0.15) is 37.9 Å². The second-order valence-electron chi connectivity index (χ2n) is 5.17. The standard InChI is InChI=1S/C13H22N4O2/c1-19-8-12-16-10(14)7-11(17-12)15-9-13(18)5-3-2-4-6-13/h7,18H,2-6,8-9H2,1H3,(H3,14,15,16,17). The molecule has 19 heavy (non-hydrogen) atoms. The van der Waals surface area contributed by atoms with Crippen LogP contribution in [0.15, 0.2) is 6.07 Å². The van der Waals surface area contributed by atoms with Crippen LogP contribution in [-0.2, 0) is 11.3 Å².